The Hall–Kier alpha value is -2.46. The number of ether oxygens (including phenoxy) is 1. The molecule has 124 valence electrons. The fourth-order valence-corrected chi connectivity index (χ4v) is 3.13. The predicted molar refractivity (Wildman–Crippen MR) is 94.5 cm³/mol. The lowest BCUT2D eigenvalue weighted by molar-refractivity contribution is -0.134. The summed E-state index contributed by atoms with van der Waals surface area (Å²) in [5.74, 6) is -0.328. The number of hydrogen-bond acceptors (Lipinski definition) is 4. The lowest BCUT2D eigenvalue weighted by atomic mass is 10.0. The molecule has 1 aromatic carbocycles. The summed E-state index contributed by atoms with van der Waals surface area (Å²) in [6, 6.07) is 10.9. The molecule has 2 aromatic rings. The molecule has 0 aliphatic heterocycles. The summed E-state index contributed by atoms with van der Waals surface area (Å²) in [7, 11) is 1.39. The Balaban J connectivity index is 1.58. The van der Waals surface area contributed by atoms with Crippen LogP contribution in [0.5, 0.6) is 0 Å². The molecular formula is C20H22N2O2. The highest BCUT2D eigenvalue weighted by molar-refractivity contribution is 5.86. The van der Waals surface area contributed by atoms with Gasteiger partial charge in [0.1, 0.15) is 0 Å². The summed E-state index contributed by atoms with van der Waals surface area (Å²) < 4.78 is 4.62. The van der Waals surface area contributed by atoms with Gasteiger partial charge in [-0.3, -0.25) is 4.98 Å². The number of pyridine rings is 1. The monoisotopic (exact) mass is 322 g/mol. The molecule has 0 amide bonds. The minimum absolute atomic E-state index is 0.328. The molecule has 1 N–H and O–H groups in total. The lowest BCUT2D eigenvalue weighted by Gasteiger charge is -2.14. The molecule has 3 rings (SSSR count). The second-order valence-electron chi connectivity index (χ2n) is 5.97. The first-order valence-electron chi connectivity index (χ1n) is 8.27. The zero-order valence-corrected chi connectivity index (χ0v) is 13.9. The van der Waals surface area contributed by atoms with Crippen molar-refractivity contribution in [1.82, 2.24) is 10.3 Å². The SMILES string of the molecule is COC(=O)/C=C/c1ccc2c(c1)CCC2NCCc1ccncc1. The first-order chi connectivity index (χ1) is 11.8. The minimum Gasteiger partial charge on any atom is -0.466 e. The average molecular weight is 322 g/mol. The van der Waals surface area contributed by atoms with Gasteiger partial charge in [0, 0.05) is 24.5 Å². The van der Waals surface area contributed by atoms with Gasteiger partial charge in [0.15, 0.2) is 0 Å². The van der Waals surface area contributed by atoms with Crippen LogP contribution in [0.25, 0.3) is 6.08 Å². The second kappa shape index (κ2) is 7.88. The van der Waals surface area contributed by atoms with Gasteiger partial charge in [0.05, 0.1) is 7.11 Å². The number of aryl methyl sites for hydroxylation is 1. The van der Waals surface area contributed by atoms with E-state index in [1.54, 1.807) is 6.08 Å². The molecule has 4 nitrogen and oxygen atoms in total. The Kier molecular flexibility index (Phi) is 5.39. The number of fused-ring (bicyclic) bond motifs is 1. The molecule has 1 aromatic heterocycles. The fourth-order valence-electron chi connectivity index (χ4n) is 3.13. The van der Waals surface area contributed by atoms with Crippen molar-refractivity contribution in [3.05, 3.63) is 71.1 Å². The maximum absolute atomic E-state index is 11.2. The van der Waals surface area contributed by atoms with Crippen molar-refractivity contribution in [3.63, 3.8) is 0 Å². The van der Waals surface area contributed by atoms with Gasteiger partial charge in [-0.1, -0.05) is 18.2 Å². The number of nitrogens with zero attached hydrogens (tertiary/aromatic N) is 1. The molecule has 0 spiro atoms. The molecule has 1 heterocycles. The third-order valence-electron chi connectivity index (χ3n) is 4.41. The fraction of sp³-hybridized carbons (Fsp3) is 0.300. The molecule has 24 heavy (non-hydrogen) atoms. The third kappa shape index (κ3) is 4.09. The zero-order valence-electron chi connectivity index (χ0n) is 13.9. The second-order valence-corrected chi connectivity index (χ2v) is 5.97. The van der Waals surface area contributed by atoms with Crippen LogP contribution in [0.2, 0.25) is 0 Å². The number of esters is 1. The molecule has 0 fully saturated rings. The number of carbonyl (C=O) groups excluding carboxylic acids is 1. The van der Waals surface area contributed by atoms with Crippen LogP contribution >= 0.6 is 0 Å². The normalized spacial score (nSPS) is 16.3. The van der Waals surface area contributed by atoms with Crippen molar-refractivity contribution in [1.29, 1.82) is 0 Å². The zero-order chi connectivity index (χ0) is 16.8. The van der Waals surface area contributed by atoms with E-state index in [-0.39, 0.29) is 5.97 Å². The molecule has 0 saturated carbocycles. The van der Waals surface area contributed by atoms with Gasteiger partial charge in [-0.05, 0) is 66.3 Å². The maximum atomic E-state index is 11.2. The van der Waals surface area contributed by atoms with Crippen LogP contribution in [0, 0.1) is 0 Å². The number of hydrogen-bond donors (Lipinski definition) is 1. The van der Waals surface area contributed by atoms with Gasteiger partial charge < -0.3 is 10.1 Å². The third-order valence-corrected chi connectivity index (χ3v) is 4.41. The van der Waals surface area contributed by atoms with Crippen molar-refractivity contribution in [2.75, 3.05) is 13.7 Å². The quantitative estimate of drug-likeness (QED) is 0.656. The van der Waals surface area contributed by atoms with E-state index in [9.17, 15) is 4.79 Å². The largest absolute Gasteiger partial charge is 0.466 e. The van der Waals surface area contributed by atoms with E-state index in [0.29, 0.717) is 6.04 Å². The summed E-state index contributed by atoms with van der Waals surface area (Å²) >= 11 is 0. The van der Waals surface area contributed by atoms with Gasteiger partial charge in [-0.2, -0.15) is 0 Å². The molecule has 0 saturated heterocycles. The highest BCUT2D eigenvalue weighted by atomic mass is 16.5. The maximum Gasteiger partial charge on any atom is 0.330 e. The number of rotatable bonds is 6. The van der Waals surface area contributed by atoms with Crippen LogP contribution in [0.15, 0.2) is 48.8 Å². The number of carbonyl (C=O) groups is 1. The Morgan fingerprint density at radius 1 is 1.33 bits per heavy atom. The summed E-state index contributed by atoms with van der Waals surface area (Å²) in [5.41, 5.74) is 5.08. The Morgan fingerprint density at radius 2 is 2.17 bits per heavy atom. The van der Waals surface area contributed by atoms with Crippen LogP contribution in [-0.2, 0) is 22.4 Å². The molecular weight excluding hydrogens is 300 g/mol. The Morgan fingerprint density at radius 3 is 2.96 bits per heavy atom. The van der Waals surface area contributed by atoms with E-state index in [0.717, 1.165) is 31.4 Å². The Labute approximate surface area is 142 Å². The first kappa shape index (κ1) is 16.4. The number of nitrogens with one attached hydrogen (secondary N) is 1. The number of aromatic nitrogens is 1. The van der Waals surface area contributed by atoms with Crippen molar-refractivity contribution in [2.24, 2.45) is 0 Å². The van der Waals surface area contributed by atoms with Crippen molar-refractivity contribution in [2.45, 2.75) is 25.3 Å². The number of methoxy groups -OCH3 is 1. The lowest BCUT2D eigenvalue weighted by Crippen LogP contribution is -2.21. The topological polar surface area (TPSA) is 51.2 Å². The van der Waals surface area contributed by atoms with Crippen LogP contribution in [-0.4, -0.2) is 24.6 Å². The first-order valence-corrected chi connectivity index (χ1v) is 8.27. The standard InChI is InChI=1S/C20H22N2O2/c1-24-20(23)7-3-16-2-5-18-17(14-16)4-6-19(18)22-13-10-15-8-11-21-12-9-15/h2-3,5,7-9,11-12,14,19,22H,4,6,10,13H2,1H3/b7-3+. The molecule has 4 heteroatoms. The molecule has 1 atom stereocenters. The molecule has 0 bridgehead atoms. The molecule has 1 unspecified atom stereocenters. The van der Waals surface area contributed by atoms with E-state index in [4.69, 9.17) is 0 Å². The van der Waals surface area contributed by atoms with Gasteiger partial charge >= 0.3 is 5.97 Å². The van der Waals surface area contributed by atoms with Gasteiger partial charge in [0.2, 0.25) is 0 Å². The summed E-state index contributed by atoms with van der Waals surface area (Å²) in [4.78, 5) is 15.2. The van der Waals surface area contributed by atoms with Crippen molar-refractivity contribution in [3.8, 4) is 0 Å². The van der Waals surface area contributed by atoms with Crippen molar-refractivity contribution >= 4 is 12.0 Å². The van der Waals surface area contributed by atoms with E-state index in [1.165, 1.54) is 29.9 Å². The minimum atomic E-state index is -0.328. The summed E-state index contributed by atoms with van der Waals surface area (Å²) in [6.45, 7) is 0.956. The van der Waals surface area contributed by atoms with E-state index in [2.05, 4.69) is 45.4 Å². The molecule has 1 aliphatic rings. The van der Waals surface area contributed by atoms with E-state index < -0.39 is 0 Å². The van der Waals surface area contributed by atoms with Crippen LogP contribution in [0.3, 0.4) is 0 Å². The van der Waals surface area contributed by atoms with Gasteiger partial charge in [-0.15, -0.1) is 0 Å². The average Bonchev–Trinajstić information content (AvgIpc) is 3.03. The predicted octanol–water partition coefficient (Wildman–Crippen LogP) is 3.09. The summed E-state index contributed by atoms with van der Waals surface area (Å²) in [6.07, 6.45) is 10.1. The van der Waals surface area contributed by atoms with E-state index in [1.807, 2.05) is 12.4 Å². The van der Waals surface area contributed by atoms with Crippen LogP contribution in [0.1, 0.15) is 34.7 Å². The van der Waals surface area contributed by atoms with Gasteiger partial charge in [0.25, 0.3) is 0 Å². The highest BCUT2D eigenvalue weighted by Crippen LogP contribution is 2.32. The molecule has 0 radical (unpaired) electrons. The van der Waals surface area contributed by atoms with Crippen LogP contribution < -0.4 is 5.32 Å². The van der Waals surface area contributed by atoms with Crippen LogP contribution in [0.4, 0.5) is 0 Å². The van der Waals surface area contributed by atoms with E-state index >= 15 is 0 Å². The van der Waals surface area contributed by atoms with Gasteiger partial charge in [-0.25, -0.2) is 4.79 Å². The smallest absolute Gasteiger partial charge is 0.330 e. The highest BCUT2D eigenvalue weighted by Gasteiger charge is 2.21. The number of benzene rings is 1. The molecule has 1 aliphatic carbocycles. The van der Waals surface area contributed by atoms with Crippen molar-refractivity contribution < 1.29 is 9.53 Å². The Bertz CT molecular complexity index is 726. The summed E-state index contributed by atoms with van der Waals surface area (Å²) in [5, 5.41) is 3.65.